The van der Waals surface area contributed by atoms with Crippen LogP contribution in [0, 0.1) is 34.5 Å². The molecule has 0 spiro atoms. The molecule has 164 valence electrons. The van der Waals surface area contributed by atoms with Crippen LogP contribution in [-0.4, -0.2) is 28.1 Å². The summed E-state index contributed by atoms with van der Waals surface area (Å²) in [6, 6.07) is 0. The molecule has 4 aliphatic rings. The maximum Gasteiger partial charge on any atom is 0.407 e. The molecule has 30 heavy (non-hydrogen) atoms. The van der Waals surface area contributed by atoms with Crippen LogP contribution in [0.1, 0.15) is 77.5 Å². The lowest BCUT2D eigenvalue weighted by Gasteiger charge is -2.60. The average molecular weight is 416 g/mol. The smallest absolute Gasteiger partial charge is 0.407 e. The summed E-state index contributed by atoms with van der Waals surface area (Å²) in [6.07, 6.45) is 10.4. The van der Waals surface area contributed by atoms with Crippen LogP contribution in [0.25, 0.3) is 0 Å². The van der Waals surface area contributed by atoms with E-state index in [1.54, 1.807) is 0 Å². The van der Waals surface area contributed by atoms with Crippen molar-refractivity contribution in [2.75, 3.05) is 0 Å². The molecule has 7 heteroatoms. The molecule has 1 N–H and O–H groups in total. The second-order valence-corrected chi connectivity index (χ2v) is 10.6. The van der Waals surface area contributed by atoms with Crippen LogP contribution < -0.4 is 5.32 Å². The van der Waals surface area contributed by atoms with Crippen LogP contribution in [0.3, 0.4) is 0 Å². The molecule has 1 amide bonds. The number of aromatic nitrogens is 2. The number of hydrogen-bond donors (Lipinski definition) is 1. The Labute approximate surface area is 177 Å². The van der Waals surface area contributed by atoms with Crippen molar-refractivity contribution in [3.63, 3.8) is 0 Å². The second kappa shape index (κ2) is 7.34. The molecular formula is C23H33N3O4. The van der Waals surface area contributed by atoms with Gasteiger partial charge in [-0.1, -0.05) is 19.0 Å². The van der Waals surface area contributed by atoms with Crippen molar-refractivity contribution < 1.29 is 18.8 Å². The summed E-state index contributed by atoms with van der Waals surface area (Å²) in [4.78, 5) is 28.7. The molecule has 0 saturated heterocycles. The van der Waals surface area contributed by atoms with Gasteiger partial charge in [0.25, 0.3) is 0 Å². The first kappa shape index (κ1) is 20.0. The van der Waals surface area contributed by atoms with E-state index < -0.39 is 6.09 Å². The third-order valence-electron chi connectivity index (χ3n) is 9.39. The highest BCUT2D eigenvalue weighted by molar-refractivity contribution is 5.87. The number of nitrogens with one attached hydrogen (secondary N) is 1. The lowest BCUT2D eigenvalue weighted by molar-refractivity contribution is -0.142. The Kier molecular flexibility index (Phi) is 4.90. The summed E-state index contributed by atoms with van der Waals surface area (Å²) in [5, 5.41) is 6.24. The van der Waals surface area contributed by atoms with Crippen molar-refractivity contribution in [1.82, 2.24) is 15.5 Å². The quantitative estimate of drug-likeness (QED) is 0.792. The van der Waals surface area contributed by atoms with E-state index in [1.807, 2.05) is 0 Å². The van der Waals surface area contributed by atoms with Gasteiger partial charge in [-0.2, -0.15) is 4.98 Å². The monoisotopic (exact) mass is 415 g/mol. The number of fused-ring (bicyclic) bond motifs is 5. The van der Waals surface area contributed by atoms with Gasteiger partial charge in [-0.15, -0.1) is 0 Å². The maximum absolute atomic E-state index is 12.6. The molecule has 7 nitrogen and oxygen atoms in total. The molecule has 0 bridgehead atoms. The number of rotatable bonds is 3. The van der Waals surface area contributed by atoms with Gasteiger partial charge in [0.1, 0.15) is 18.4 Å². The zero-order valence-electron chi connectivity index (χ0n) is 18.1. The Hall–Kier alpha value is -1.92. The van der Waals surface area contributed by atoms with Crippen molar-refractivity contribution in [3.8, 4) is 0 Å². The van der Waals surface area contributed by atoms with E-state index >= 15 is 0 Å². The third-order valence-corrected chi connectivity index (χ3v) is 9.39. The van der Waals surface area contributed by atoms with Crippen molar-refractivity contribution in [3.05, 3.63) is 12.2 Å². The fraction of sp³-hybridized carbons (Fsp3) is 0.826. The van der Waals surface area contributed by atoms with E-state index in [-0.39, 0.29) is 18.1 Å². The second-order valence-electron chi connectivity index (χ2n) is 10.6. The van der Waals surface area contributed by atoms with E-state index in [0.29, 0.717) is 40.8 Å². The summed E-state index contributed by atoms with van der Waals surface area (Å²) in [5.74, 6) is 3.49. The molecule has 4 aliphatic carbocycles. The van der Waals surface area contributed by atoms with Crippen LogP contribution in [0.4, 0.5) is 4.79 Å². The van der Waals surface area contributed by atoms with E-state index in [1.165, 1.54) is 25.6 Å². The molecule has 1 aromatic heterocycles. The first-order valence-electron chi connectivity index (χ1n) is 11.6. The molecule has 5 rings (SSSR count). The van der Waals surface area contributed by atoms with E-state index in [0.717, 1.165) is 38.5 Å². The van der Waals surface area contributed by atoms with Gasteiger partial charge < -0.3 is 14.6 Å². The number of alkyl carbamates (subject to hydrolysis) is 1. The van der Waals surface area contributed by atoms with Crippen LogP contribution in [-0.2, 0) is 16.1 Å². The predicted octanol–water partition coefficient (Wildman–Crippen LogP) is 4.28. The summed E-state index contributed by atoms with van der Waals surface area (Å²) in [7, 11) is 0. The molecule has 7 atom stereocenters. The third kappa shape index (κ3) is 3.16. The van der Waals surface area contributed by atoms with E-state index in [2.05, 4.69) is 29.3 Å². The van der Waals surface area contributed by atoms with E-state index in [9.17, 15) is 9.59 Å². The average Bonchev–Trinajstić information content (AvgIpc) is 3.35. The summed E-state index contributed by atoms with van der Waals surface area (Å²) in [5.41, 5.74) is 0.261. The minimum atomic E-state index is -0.409. The van der Waals surface area contributed by atoms with Gasteiger partial charge >= 0.3 is 6.09 Å². The molecule has 1 aromatic rings. The highest BCUT2D eigenvalue weighted by Gasteiger charge is 2.60. The zero-order chi connectivity index (χ0) is 20.9. The number of carbonyl (C=O) groups is 2. The molecule has 0 aliphatic heterocycles. The van der Waals surface area contributed by atoms with Crippen LogP contribution >= 0.6 is 0 Å². The molecular weight excluding hydrogens is 382 g/mol. The standard InChI is InChI=1S/C23H33N3O4/c1-22-9-7-15(29-21(28)24-12-20-25-13-26-30-20)11-14(22)3-4-16-17-5-6-19(27)23(17,2)10-8-18(16)22/h13-18H,3-12H2,1-2H3,(H,24,28). The SMILES string of the molecule is CC12CCC3C(CCC4CC(OC(=O)NCc5ncno5)CCC43C)C1CCC2=O. The Morgan fingerprint density at radius 1 is 1.20 bits per heavy atom. The number of amides is 1. The number of Topliss-reactive ketones (excluding diaryl/α,β-unsaturated/α-hetero) is 1. The van der Waals surface area contributed by atoms with Crippen LogP contribution in [0.15, 0.2) is 10.9 Å². The first-order chi connectivity index (χ1) is 14.4. The largest absolute Gasteiger partial charge is 0.446 e. The summed E-state index contributed by atoms with van der Waals surface area (Å²) < 4.78 is 10.6. The van der Waals surface area contributed by atoms with Gasteiger partial charge in [-0.25, -0.2) is 4.79 Å². The van der Waals surface area contributed by atoms with Gasteiger partial charge in [-0.3, -0.25) is 4.79 Å². The Bertz CT molecular complexity index is 811. The van der Waals surface area contributed by atoms with Crippen LogP contribution in [0.2, 0.25) is 0 Å². The lowest BCUT2D eigenvalue weighted by atomic mass is 9.45. The van der Waals surface area contributed by atoms with Crippen molar-refractivity contribution in [1.29, 1.82) is 0 Å². The number of ether oxygens (including phenoxy) is 1. The highest BCUT2D eigenvalue weighted by Crippen LogP contribution is 2.65. The van der Waals surface area contributed by atoms with Crippen molar-refractivity contribution in [2.45, 2.75) is 84.3 Å². The zero-order valence-corrected chi connectivity index (χ0v) is 18.1. The molecule has 0 radical (unpaired) electrons. The van der Waals surface area contributed by atoms with Gasteiger partial charge in [0.05, 0.1) is 0 Å². The Morgan fingerprint density at radius 2 is 2.07 bits per heavy atom. The van der Waals surface area contributed by atoms with Gasteiger partial charge in [0, 0.05) is 11.8 Å². The normalized spacial score (nSPS) is 42.7. The molecule has 7 unspecified atom stereocenters. The maximum atomic E-state index is 12.6. The first-order valence-corrected chi connectivity index (χ1v) is 11.6. The van der Waals surface area contributed by atoms with Gasteiger partial charge in [0.2, 0.25) is 5.89 Å². The molecule has 4 fully saturated rings. The minimum Gasteiger partial charge on any atom is -0.446 e. The van der Waals surface area contributed by atoms with E-state index in [4.69, 9.17) is 9.26 Å². The fourth-order valence-corrected chi connectivity index (χ4v) is 7.71. The topological polar surface area (TPSA) is 94.3 Å². The minimum absolute atomic E-state index is 0.0239. The summed E-state index contributed by atoms with van der Waals surface area (Å²) in [6.45, 7) is 4.92. The Balaban J connectivity index is 1.21. The lowest BCUT2D eigenvalue weighted by Crippen LogP contribution is -2.54. The molecule has 1 heterocycles. The number of nitrogens with zero attached hydrogens (tertiary/aromatic N) is 2. The number of ketones is 1. The number of hydrogen-bond acceptors (Lipinski definition) is 6. The highest BCUT2D eigenvalue weighted by atomic mass is 16.6. The van der Waals surface area contributed by atoms with Gasteiger partial charge in [-0.05, 0) is 80.5 Å². The fourth-order valence-electron chi connectivity index (χ4n) is 7.71. The molecule has 4 saturated carbocycles. The number of carbonyl (C=O) groups excluding carboxylic acids is 2. The van der Waals surface area contributed by atoms with Crippen LogP contribution in [0.5, 0.6) is 0 Å². The Morgan fingerprint density at radius 3 is 2.87 bits per heavy atom. The molecule has 0 aromatic carbocycles. The summed E-state index contributed by atoms with van der Waals surface area (Å²) >= 11 is 0. The van der Waals surface area contributed by atoms with Crippen molar-refractivity contribution >= 4 is 11.9 Å². The van der Waals surface area contributed by atoms with Gasteiger partial charge in [0.15, 0.2) is 6.33 Å². The predicted molar refractivity (Wildman–Crippen MR) is 108 cm³/mol. The van der Waals surface area contributed by atoms with Crippen molar-refractivity contribution in [2.24, 2.45) is 34.5 Å².